The average Bonchev–Trinajstić information content (AvgIpc) is 2.94. The predicted octanol–water partition coefficient (Wildman–Crippen LogP) is 2.39. The molecule has 0 saturated heterocycles. The molecule has 0 aliphatic rings. The Hall–Kier alpha value is -2.01. The first kappa shape index (κ1) is 14.4. The van der Waals surface area contributed by atoms with E-state index in [0.29, 0.717) is 17.1 Å². The smallest absolute Gasteiger partial charge is 0.128 e. The number of aromatic nitrogens is 2. The molecule has 20 heavy (non-hydrogen) atoms. The molecular weight excluding hydrogens is 256 g/mol. The van der Waals surface area contributed by atoms with Gasteiger partial charge < -0.3 is 14.6 Å². The van der Waals surface area contributed by atoms with Gasteiger partial charge >= 0.3 is 0 Å². The third-order valence-corrected chi connectivity index (χ3v) is 3.16. The van der Waals surface area contributed by atoms with E-state index in [0.717, 1.165) is 18.5 Å². The van der Waals surface area contributed by atoms with E-state index in [-0.39, 0.29) is 0 Å². The van der Waals surface area contributed by atoms with Gasteiger partial charge in [-0.15, -0.1) is 0 Å². The van der Waals surface area contributed by atoms with Crippen LogP contribution in [0, 0.1) is 0 Å². The molecule has 1 atom stereocenters. The normalized spacial score (nSPS) is 12.2. The van der Waals surface area contributed by atoms with Gasteiger partial charge in [-0.05, 0) is 18.6 Å². The molecule has 0 aliphatic heterocycles. The highest BCUT2D eigenvalue weighted by molar-refractivity contribution is 5.44. The number of aliphatic hydroxyl groups excluding tert-OH is 1. The lowest BCUT2D eigenvalue weighted by molar-refractivity contribution is 0.214. The molecule has 5 heteroatoms. The van der Waals surface area contributed by atoms with E-state index >= 15 is 0 Å². The Morgan fingerprint density at radius 2 is 2.10 bits per heavy atom. The number of aryl methyl sites for hydroxylation is 1. The quantitative estimate of drug-likeness (QED) is 0.880. The van der Waals surface area contributed by atoms with Crippen LogP contribution in [0.25, 0.3) is 0 Å². The molecule has 108 valence electrons. The Balaban J connectivity index is 2.29. The van der Waals surface area contributed by atoms with E-state index in [4.69, 9.17) is 9.47 Å². The first-order valence-electron chi connectivity index (χ1n) is 6.62. The van der Waals surface area contributed by atoms with Gasteiger partial charge in [-0.3, -0.25) is 4.68 Å². The number of hydrogen-bond donors (Lipinski definition) is 1. The van der Waals surface area contributed by atoms with Crippen LogP contribution < -0.4 is 9.47 Å². The number of methoxy groups -OCH3 is 2. The van der Waals surface area contributed by atoms with Crippen molar-refractivity contribution in [3.05, 3.63) is 41.7 Å². The fourth-order valence-corrected chi connectivity index (χ4v) is 2.10. The molecule has 0 amide bonds. The van der Waals surface area contributed by atoms with Gasteiger partial charge in [-0.1, -0.05) is 6.92 Å². The van der Waals surface area contributed by atoms with Crippen LogP contribution in [0.5, 0.6) is 11.5 Å². The summed E-state index contributed by atoms with van der Waals surface area (Å²) in [6.07, 6.45) is 3.78. The van der Waals surface area contributed by atoms with Gasteiger partial charge in [-0.25, -0.2) is 0 Å². The van der Waals surface area contributed by atoms with Crippen LogP contribution >= 0.6 is 0 Å². The van der Waals surface area contributed by atoms with E-state index in [1.807, 2.05) is 10.9 Å². The molecule has 0 radical (unpaired) electrons. The van der Waals surface area contributed by atoms with Crippen molar-refractivity contribution < 1.29 is 14.6 Å². The second-order valence-electron chi connectivity index (χ2n) is 4.55. The Morgan fingerprint density at radius 3 is 2.75 bits per heavy atom. The molecule has 1 unspecified atom stereocenters. The maximum Gasteiger partial charge on any atom is 0.128 e. The second kappa shape index (κ2) is 6.43. The lowest BCUT2D eigenvalue weighted by atomic mass is 10.0. The number of benzene rings is 1. The minimum Gasteiger partial charge on any atom is -0.497 e. The molecule has 1 aromatic heterocycles. The first-order valence-corrected chi connectivity index (χ1v) is 6.62. The van der Waals surface area contributed by atoms with E-state index in [9.17, 15) is 5.11 Å². The zero-order valence-corrected chi connectivity index (χ0v) is 12.0. The highest BCUT2D eigenvalue weighted by atomic mass is 16.5. The molecule has 2 rings (SSSR count). The fourth-order valence-electron chi connectivity index (χ4n) is 2.10. The highest BCUT2D eigenvalue weighted by Crippen LogP contribution is 2.32. The third-order valence-electron chi connectivity index (χ3n) is 3.16. The summed E-state index contributed by atoms with van der Waals surface area (Å²) in [5.41, 5.74) is 1.45. The molecule has 1 aromatic carbocycles. The van der Waals surface area contributed by atoms with Crippen molar-refractivity contribution in [3.8, 4) is 11.5 Å². The summed E-state index contributed by atoms with van der Waals surface area (Å²) in [5, 5.41) is 14.7. The number of ether oxygens (including phenoxy) is 2. The van der Waals surface area contributed by atoms with Gasteiger partial charge in [0.15, 0.2) is 0 Å². The molecule has 0 bridgehead atoms. The van der Waals surface area contributed by atoms with Gasteiger partial charge in [0.1, 0.15) is 17.6 Å². The van der Waals surface area contributed by atoms with Gasteiger partial charge in [0.25, 0.3) is 0 Å². The van der Waals surface area contributed by atoms with E-state index in [1.54, 1.807) is 38.6 Å². The van der Waals surface area contributed by atoms with Crippen molar-refractivity contribution in [2.75, 3.05) is 14.2 Å². The van der Waals surface area contributed by atoms with Crippen molar-refractivity contribution in [2.24, 2.45) is 0 Å². The maximum absolute atomic E-state index is 10.5. The first-order chi connectivity index (χ1) is 9.69. The summed E-state index contributed by atoms with van der Waals surface area (Å²) in [7, 11) is 3.17. The van der Waals surface area contributed by atoms with Crippen LogP contribution in [0.4, 0.5) is 0 Å². The molecule has 0 aliphatic carbocycles. The fraction of sp³-hybridized carbons (Fsp3) is 0.400. The van der Waals surface area contributed by atoms with Gasteiger partial charge in [0.05, 0.1) is 20.4 Å². The van der Waals surface area contributed by atoms with E-state index in [2.05, 4.69) is 12.0 Å². The molecular formula is C15H20N2O3. The van der Waals surface area contributed by atoms with Crippen molar-refractivity contribution >= 4 is 0 Å². The Kier molecular flexibility index (Phi) is 4.63. The molecule has 2 aromatic rings. The van der Waals surface area contributed by atoms with Crippen molar-refractivity contribution in [1.29, 1.82) is 0 Å². The molecule has 1 N–H and O–H groups in total. The topological polar surface area (TPSA) is 56.5 Å². The summed E-state index contributed by atoms with van der Waals surface area (Å²) in [5.74, 6) is 1.29. The Bertz CT molecular complexity index is 566. The molecule has 0 spiro atoms. The molecule has 1 heterocycles. The standard InChI is InChI=1S/C15H20N2O3/c1-4-7-17-10-11(9-16-17)15(18)13-6-5-12(19-2)8-14(13)20-3/h5-6,8-10,15,18H,4,7H2,1-3H3. The lowest BCUT2D eigenvalue weighted by Gasteiger charge is -2.14. The van der Waals surface area contributed by atoms with Crippen LogP contribution in [0.1, 0.15) is 30.6 Å². The summed E-state index contributed by atoms with van der Waals surface area (Å²) in [4.78, 5) is 0. The molecule has 5 nitrogen and oxygen atoms in total. The summed E-state index contributed by atoms with van der Waals surface area (Å²) >= 11 is 0. The predicted molar refractivity (Wildman–Crippen MR) is 76.1 cm³/mol. The second-order valence-corrected chi connectivity index (χ2v) is 4.55. The van der Waals surface area contributed by atoms with Crippen LogP contribution in [-0.4, -0.2) is 29.1 Å². The van der Waals surface area contributed by atoms with Crippen LogP contribution in [0.2, 0.25) is 0 Å². The van der Waals surface area contributed by atoms with Crippen LogP contribution in [0.3, 0.4) is 0 Å². The lowest BCUT2D eigenvalue weighted by Crippen LogP contribution is -2.02. The van der Waals surface area contributed by atoms with Crippen LogP contribution in [-0.2, 0) is 6.54 Å². The van der Waals surface area contributed by atoms with Gasteiger partial charge in [-0.2, -0.15) is 5.10 Å². The Labute approximate surface area is 118 Å². The molecule has 0 saturated carbocycles. The monoisotopic (exact) mass is 276 g/mol. The zero-order valence-electron chi connectivity index (χ0n) is 12.0. The van der Waals surface area contributed by atoms with Gasteiger partial charge in [0, 0.05) is 29.9 Å². The van der Waals surface area contributed by atoms with E-state index < -0.39 is 6.10 Å². The highest BCUT2D eigenvalue weighted by Gasteiger charge is 2.17. The summed E-state index contributed by atoms with van der Waals surface area (Å²) < 4.78 is 12.3. The van der Waals surface area contributed by atoms with E-state index in [1.165, 1.54) is 0 Å². The van der Waals surface area contributed by atoms with Crippen molar-refractivity contribution in [3.63, 3.8) is 0 Å². The number of nitrogens with zero attached hydrogens (tertiary/aromatic N) is 2. The summed E-state index contributed by atoms with van der Waals surface area (Å²) in [6, 6.07) is 5.37. The molecule has 0 fully saturated rings. The zero-order chi connectivity index (χ0) is 14.5. The number of rotatable bonds is 6. The number of aliphatic hydroxyl groups is 1. The SMILES string of the molecule is CCCn1cc(C(O)c2ccc(OC)cc2OC)cn1. The average molecular weight is 276 g/mol. The minimum absolute atomic E-state index is 0.597. The summed E-state index contributed by atoms with van der Waals surface area (Å²) in [6.45, 7) is 2.93. The minimum atomic E-state index is -0.763. The Morgan fingerprint density at radius 1 is 1.30 bits per heavy atom. The largest absolute Gasteiger partial charge is 0.497 e. The van der Waals surface area contributed by atoms with Crippen LogP contribution in [0.15, 0.2) is 30.6 Å². The maximum atomic E-state index is 10.5. The third kappa shape index (κ3) is 2.93. The van der Waals surface area contributed by atoms with Crippen molar-refractivity contribution in [2.45, 2.75) is 26.0 Å². The van der Waals surface area contributed by atoms with Crippen molar-refractivity contribution in [1.82, 2.24) is 9.78 Å². The van der Waals surface area contributed by atoms with Gasteiger partial charge in [0.2, 0.25) is 0 Å². The number of hydrogen-bond acceptors (Lipinski definition) is 4.